The van der Waals surface area contributed by atoms with E-state index in [1.807, 2.05) is 4.90 Å². The maximum atomic E-state index is 12.2. The lowest BCUT2D eigenvalue weighted by atomic mass is 9.87. The van der Waals surface area contributed by atoms with Crippen molar-refractivity contribution in [1.29, 1.82) is 0 Å². The summed E-state index contributed by atoms with van der Waals surface area (Å²) in [5.74, 6) is 0.820. The molecule has 3 heteroatoms. The van der Waals surface area contributed by atoms with Gasteiger partial charge in [0.15, 0.2) is 0 Å². The number of nitrogens with zero attached hydrogens (tertiary/aromatic N) is 1. The fourth-order valence-corrected chi connectivity index (χ4v) is 2.86. The standard InChI is InChI=1S/C13H21NO2/c15-10-11-6-8-14(9-7-11)13(16)12-4-2-1-3-5-12/h10-12H,1-9H2. The zero-order valence-electron chi connectivity index (χ0n) is 9.86. The highest BCUT2D eigenvalue weighted by atomic mass is 16.2. The van der Waals surface area contributed by atoms with Crippen LogP contribution in [0.4, 0.5) is 0 Å². The molecule has 1 heterocycles. The molecule has 1 saturated heterocycles. The molecule has 0 N–H and O–H groups in total. The predicted molar refractivity (Wildman–Crippen MR) is 61.9 cm³/mol. The minimum atomic E-state index is 0.190. The normalized spacial score (nSPS) is 24.4. The molecule has 0 unspecified atom stereocenters. The molecule has 0 atom stereocenters. The third kappa shape index (κ3) is 2.63. The summed E-state index contributed by atoms with van der Waals surface area (Å²) in [6.07, 6.45) is 8.63. The van der Waals surface area contributed by atoms with Crippen molar-refractivity contribution in [2.75, 3.05) is 13.1 Å². The molecular weight excluding hydrogens is 202 g/mol. The predicted octanol–water partition coefficient (Wildman–Crippen LogP) is 2.00. The van der Waals surface area contributed by atoms with Gasteiger partial charge in [-0.2, -0.15) is 0 Å². The first-order chi connectivity index (χ1) is 7.81. The first-order valence-electron chi connectivity index (χ1n) is 6.55. The Morgan fingerprint density at radius 3 is 2.19 bits per heavy atom. The van der Waals surface area contributed by atoms with Crippen LogP contribution in [0, 0.1) is 11.8 Å². The molecule has 0 aromatic heterocycles. The summed E-state index contributed by atoms with van der Waals surface area (Å²) < 4.78 is 0. The van der Waals surface area contributed by atoms with E-state index in [1.54, 1.807) is 0 Å². The Morgan fingerprint density at radius 1 is 1.00 bits per heavy atom. The summed E-state index contributed by atoms with van der Waals surface area (Å²) in [5.41, 5.74) is 0. The Labute approximate surface area is 97.2 Å². The van der Waals surface area contributed by atoms with Gasteiger partial charge in [-0.3, -0.25) is 4.79 Å². The molecule has 0 aromatic carbocycles. The summed E-state index contributed by atoms with van der Waals surface area (Å²) in [6, 6.07) is 0. The SMILES string of the molecule is O=CC1CCN(C(=O)C2CCCCC2)CC1. The lowest BCUT2D eigenvalue weighted by Gasteiger charge is -2.33. The van der Waals surface area contributed by atoms with Crippen molar-refractivity contribution in [3.63, 3.8) is 0 Å². The van der Waals surface area contributed by atoms with E-state index in [0.29, 0.717) is 5.91 Å². The van der Waals surface area contributed by atoms with Crippen molar-refractivity contribution >= 4 is 12.2 Å². The topological polar surface area (TPSA) is 37.4 Å². The molecule has 0 bridgehead atoms. The number of hydrogen-bond donors (Lipinski definition) is 0. The molecule has 16 heavy (non-hydrogen) atoms. The van der Waals surface area contributed by atoms with Crippen molar-refractivity contribution in [3.8, 4) is 0 Å². The van der Waals surface area contributed by atoms with Crippen LogP contribution in [0.2, 0.25) is 0 Å². The Bertz CT molecular complexity index is 251. The Hall–Kier alpha value is -0.860. The van der Waals surface area contributed by atoms with Crippen molar-refractivity contribution < 1.29 is 9.59 Å². The lowest BCUT2D eigenvalue weighted by Crippen LogP contribution is -2.42. The highest BCUT2D eigenvalue weighted by molar-refractivity contribution is 5.79. The van der Waals surface area contributed by atoms with E-state index in [0.717, 1.165) is 45.1 Å². The minimum Gasteiger partial charge on any atom is -0.342 e. The zero-order valence-corrected chi connectivity index (χ0v) is 9.86. The van der Waals surface area contributed by atoms with E-state index in [1.165, 1.54) is 19.3 Å². The van der Waals surface area contributed by atoms with Crippen LogP contribution in [-0.4, -0.2) is 30.2 Å². The Morgan fingerprint density at radius 2 is 1.62 bits per heavy atom. The van der Waals surface area contributed by atoms with Gasteiger partial charge < -0.3 is 9.69 Å². The van der Waals surface area contributed by atoms with Crippen LogP contribution < -0.4 is 0 Å². The molecule has 1 aliphatic heterocycles. The Kier molecular flexibility index (Phi) is 3.97. The van der Waals surface area contributed by atoms with Gasteiger partial charge in [-0.1, -0.05) is 19.3 Å². The maximum absolute atomic E-state index is 12.2. The van der Waals surface area contributed by atoms with Crippen molar-refractivity contribution in [2.24, 2.45) is 11.8 Å². The Balaban J connectivity index is 1.83. The van der Waals surface area contributed by atoms with Gasteiger partial charge in [0.1, 0.15) is 6.29 Å². The fourth-order valence-electron chi connectivity index (χ4n) is 2.86. The smallest absolute Gasteiger partial charge is 0.225 e. The zero-order chi connectivity index (χ0) is 11.4. The molecule has 1 aliphatic carbocycles. The number of rotatable bonds is 2. The number of likely N-dealkylation sites (tertiary alicyclic amines) is 1. The lowest BCUT2D eigenvalue weighted by molar-refractivity contribution is -0.138. The average molecular weight is 223 g/mol. The first kappa shape index (κ1) is 11.6. The molecule has 2 rings (SSSR count). The summed E-state index contributed by atoms with van der Waals surface area (Å²) in [7, 11) is 0. The van der Waals surface area contributed by atoms with Gasteiger partial charge in [-0.05, 0) is 25.7 Å². The first-order valence-corrected chi connectivity index (χ1v) is 6.55. The molecule has 2 fully saturated rings. The molecule has 0 radical (unpaired) electrons. The molecule has 2 aliphatic rings. The van der Waals surface area contributed by atoms with Crippen LogP contribution >= 0.6 is 0 Å². The summed E-state index contributed by atoms with van der Waals surface area (Å²) in [4.78, 5) is 24.8. The van der Waals surface area contributed by atoms with Crippen LogP contribution in [0.1, 0.15) is 44.9 Å². The molecule has 1 saturated carbocycles. The highest BCUT2D eigenvalue weighted by Gasteiger charge is 2.28. The molecule has 0 spiro atoms. The molecule has 1 amide bonds. The number of carbonyl (C=O) groups is 2. The quantitative estimate of drug-likeness (QED) is 0.671. The third-order valence-corrected chi connectivity index (χ3v) is 4.00. The van der Waals surface area contributed by atoms with E-state index in [9.17, 15) is 9.59 Å². The van der Waals surface area contributed by atoms with Gasteiger partial charge >= 0.3 is 0 Å². The monoisotopic (exact) mass is 223 g/mol. The van der Waals surface area contributed by atoms with Gasteiger partial charge in [0.25, 0.3) is 0 Å². The summed E-state index contributed by atoms with van der Waals surface area (Å²) in [6.45, 7) is 1.58. The van der Waals surface area contributed by atoms with Gasteiger partial charge in [0.05, 0.1) is 0 Å². The molecule has 0 aromatic rings. The van der Waals surface area contributed by atoms with Crippen LogP contribution in [-0.2, 0) is 9.59 Å². The molecular formula is C13H21NO2. The van der Waals surface area contributed by atoms with Crippen LogP contribution in [0.25, 0.3) is 0 Å². The number of amides is 1. The van der Waals surface area contributed by atoms with E-state index in [2.05, 4.69) is 0 Å². The number of carbonyl (C=O) groups excluding carboxylic acids is 2. The largest absolute Gasteiger partial charge is 0.342 e. The van der Waals surface area contributed by atoms with E-state index < -0.39 is 0 Å². The van der Waals surface area contributed by atoms with Gasteiger partial charge in [0.2, 0.25) is 5.91 Å². The second-order valence-corrected chi connectivity index (χ2v) is 5.13. The maximum Gasteiger partial charge on any atom is 0.225 e. The molecule has 90 valence electrons. The summed E-state index contributed by atoms with van der Waals surface area (Å²) >= 11 is 0. The van der Waals surface area contributed by atoms with Gasteiger partial charge in [-0.25, -0.2) is 0 Å². The average Bonchev–Trinajstić information content (AvgIpc) is 2.39. The molecule has 3 nitrogen and oxygen atoms in total. The minimum absolute atomic E-state index is 0.190. The second kappa shape index (κ2) is 5.46. The van der Waals surface area contributed by atoms with Crippen molar-refractivity contribution in [1.82, 2.24) is 4.90 Å². The third-order valence-electron chi connectivity index (χ3n) is 4.00. The highest BCUT2D eigenvalue weighted by Crippen LogP contribution is 2.27. The second-order valence-electron chi connectivity index (χ2n) is 5.13. The fraction of sp³-hybridized carbons (Fsp3) is 0.846. The van der Waals surface area contributed by atoms with E-state index >= 15 is 0 Å². The van der Waals surface area contributed by atoms with Crippen LogP contribution in [0.3, 0.4) is 0 Å². The van der Waals surface area contributed by atoms with E-state index in [-0.39, 0.29) is 11.8 Å². The van der Waals surface area contributed by atoms with Gasteiger partial charge in [0, 0.05) is 24.9 Å². The van der Waals surface area contributed by atoms with Crippen LogP contribution in [0.5, 0.6) is 0 Å². The number of hydrogen-bond acceptors (Lipinski definition) is 2. The summed E-state index contributed by atoms with van der Waals surface area (Å²) in [5, 5.41) is 0. The van der Waals surface area contributed by atoms with Crippen LogP contribution in [0.15, 0.2) is 0 Å². The van der Waals surface area contributed by atoms with Crippen molar-refractivity contribution in [3.05, 3.63) is 0 Å². The van der Waals surface area contributed by atoms with E-state index in [4.69, 9.17) is 0 Å². The van der Waals surface area contributed by atoms with Gasteiger partial charge in [-0.15, -0.1) is 0 Å². The number of piperidine rings is 1. The number of aldehydes is 1. The van der Waals surface area contributed by atoms with Crippen molar-refractivity contribution in [2.45, 2.75) is 44.9 Å².